The summed E-state index contributed by atoms with van der Waals surface area (Å²) in [6, 6.07) is 18.9. The lowest BCUT2D eigenvalue weighted by molar-refractivity contribution is -0.142. The van der Waals surface area contributed by atoms with Crippen LogP contribution in [0.2, 0.25) is 18.1 Å². The van der Waals surface area contributed by atoms with Crippen LogP contribution in [-0.4, -0.2) is 45.2 Å². The van der Waals surface area contributed by atoms with E-state index in [-0.39, 0.29) is 11.5 Å². The van der Waals surface area contributed by atoms with Crippen molar-refractivity contribution in [2.45, 2.75) is 70.3 Å². The second kappa shape index (κ2) is 11.7. The molecule has 3 atom stereocenters. The molecule has 0 heterocycles. The maximum Gasteiger partial charge on any atom is 0.306 e. The summed E-state index contributed by atoms with van der Waals surface area (Å²) in [5.41, 5.74) is 1.98. The Bertz CT molecular complexity index is 900. The number of hydrogen-bond donors (Lipinski definition) is 2. The van der Waals surface area contributed by atoms with Crippen LogP contribution in [0.15, 0.2) is 60.7 Å². The molecule has 0 fully saturated rings. The predicted molar refractivity (Wildman–Crippen MR) is 136 cm³/mol. The van der Waals surface area contributed by atoms with Gasteiger partial charge in [0.15, 0.2) is 14.1 Å². The molecule has 0 saturated heterocycles. The molecule has 2 aromatic rings. The Balaban J connectivity index is 2.39. The van der Waals surface area contributed by atoms with Crippen LogP contribution >= 0.6 is 0 Å². The molecule has 33 heavy (non-hydrogen) atoms. The van der Waals surface area contributed by atoms with Crippen molar-refractivity contribution in [3.05, 3.63) is 71.8 Å². The van der Waals surface area contributed by atoms with E-state index in [0.29, 0.717) is 12.8 Å². The maximum absolute atomic E-state index is 12.2. The van der Waals surface area contributed by atoms with Crippen molar-refractivity contribution in [2.24, 2.45) is 5.92 Å². The normalized spacial score (nSPS) is 14.8. The van der Waals surface area contributed by atoms with E-state index >= 15 is 0 Å². The van der Waals surface area contributed by atoms with Crippen LogP contribution in [-0.2, 0) is 22.1 Å². The van der Waals surface area contributed by atoms with Crippen molar-refractivity contribution in [3.8, 4) is 0 Å². The van der Waals surface area contributed by atoms with Gasteiger partial charge in [0.2, 0.25) is 7.85 Å². The van der Waals surface area contributed by atoms with Crippen LogP contribution < -0.4 is 5.32 Å². The zero-order chi connectivity index (χ0) is 24.6. The van der Waals surface area contributed by atoms with E-state index in [0.717, 1.165) is 11.1 Å². The molecule has 0 aliphatic rings. The lowest BCUT2D eigenvalue weighted by Crippen LogP contribution is -2.53. The van der Waals surface area contributed by atoms with Gasteiger partial charge in [0.1, 0.15) is 0 Å². The molecule has 7 heteroatoms. The van der Waals surface area contributed by atoms with E-state index in [1.165, 1.54) is 0 Å². The first kappa shape index (κ1) is 26.9. The number of nitrogens with one attached hydrogen (secondary N) is 1. The molecular weight excluding hydrogens is 429 g/mol. The second-order valence-corrected chi connectivity index (χ2v) is 14.9. The first-order chi connectivity index (χ1) is 15.4. The van der Waals surface area contributed by atoms with Crippen molar-refractivity contribution < 1.29 is 19.1 Å². The van der Waals surface area contributed by atoms with E-state index < -0.39 is 38.2 Å². The van der Waals surface area contributed by atoms with Gasteiger partial charge in [0.25, 0.3) is 0 Å². The molecule has 0 aliphatic carbocycles. The topological polar surface area (TPSA) is 75.6 Å². The minimum Gasteiger partial charge on any atom is -0.481 e. The molecule has 5 nitrogen and oxygen atoms in total. The number of amides is 1. The van der Waals surface area contributed by atoms with E-state index in [1.54, 1.807) is 0 Å². The highest BCUT2D eigenvalue weighted by Crippen LogP contribution is 2.38. The summed E-state index contributed by atoms with van der Waals surface area (Å²) in [5, 5.41) is 12.8. The molecular formula is C26H36BNO4Si. The Hall–Kier alpha value is -2.38. The highest BCUT2D eigenvalue weighted by molar-refractivity contribution is 6.74. The van der Waals surface area contributed by atoms with Crippen molar-refractivity contribution in [3.63, 3.8) is 0 Å². The molecule has 176 valence electrons. The fraction of sp³-hybridized carbons (Fsp3) is 0.462. The summed E-state index contributed by atoms with van der Waals surface area (Å²) < 4.78 is 6.76. The lowest BCUT2D eigenvalue weighted by Gasteiger charge is -2.42. The maximum atomic E-state index is 12.2. The molecule has 2 N–H and O–H groups in total. The number of rotatable bonds is 11. The third kappa shape index (κ3) is 8.48. The third-order valence-corrected chi connectivity index (χ3v) is 11.0. The molecule has 1 amide bonds. The first-order valence-electron chi connectivity index (χ1n) is 11.4. The summed E-state index contributed by atoms with van der Waals surface area (Å²) in [5.74, 6) is -2.18. The van der Waals surface area contributed by atoms with Crippen LogP contribution in [0.3, 0.4) is 0 Å². The highest BCUT2D eigenvalue weighted by Gasteiger charge is 2.42. The van der Waals surface area contributed by atoms with Gasteiger partial charge in [-0.3, -0.25) is 9.59 Å². The number of carboxylic acids is 1. The van der Waals surface area contributed by atoms with Gasteiger partial charge in [-0.05, 0) is 48.5 Å². The van der Waals surface area contributed by atoms with Crippen molar-refractivity contribution >= 4 is 27.9 Å². The molecule has 0 spiro atoms. The van der Waals surface area contributed by atoms with Crippen molar-refractivity contribution in [1.82, 2.24) is 5.32 Å². The SMILES string of the molecule is [B]C(=O)NC(Cc1ccccc1)[C@H](C[C@H](Cc1ccccc1)C(=O)O)O[Si](C)(C)C(C)(C)C. The summed E-state index contributed by atoms with van der Waals surface area (Å²) >= 11 is 0. The Labute approximate surface area is 200 Å². The Morgan fingerprint density at radius 2 is 1.45 bits per heavy atom. The van der Waals surface area contributed by atoms with Gasteiger partial charge in [-0.2, -0.15) is 0 Å². The Kier molecular flexibility index (Phi) is 9.49. The predicted octanol–water partition coefficient (Wildman–Crippen LogP) is 5.20. The van der Waals surface area contributed by atoms with Gasteiger partial charge in [0, 0.05) is 0 Å². The third-order valence-electron chi connectivity index (χ3n) is 6.52. The van der Waals surface area contributed by atoms with Crippen molar-refractivity contribution in [1.29, 1.82) is 0 Å². The van der Waals surface area contributed by atoms with Crippen molar-refractivity contribution in [2.75, 3.05) is 0 Å². The van der Waals surface area contributed by atoms with E-state index in [2.05, 4.69) is 39.2 Å². The molecule has 2 rings (SSSR count). The van der Waals surface area contributed by atoms with Crippen LogP contribution in [0, 0.1) is 5.92 Å². The van der Waals surface area contributed by atoms with Gasteiger partial charge < -0.3 is 14.8 Å². The van der Waals surface area contributed by atoms with E-state index in [9.17, 15) is 14.7 Å². The Morgan fingerprint density at radius 3 is 1.88 bits per heavy atom. The Morgan fingerprint density at radius 1 is 0.970 bits per heavy atom. The number of hydrogen-bond acceptors (Lipinski definition) is 3. The summed E-state index contributed by atoms with van der Waals surface area (Å²) in [6.45, 7) is 10.7. The van der Waals surface area contributed by atoms with Gasteiger partial charge in [-0.1, -0.05) is 81.4 Å². The zero-order valence-electron chi connectivity index (χ0n) is 20.4. The molecule has 0 aliphatic heterocycles. The summed E-state index contributed by atoms with van der Waals surface area (Å²) in [7, 11) is 3.26. The lowest BCUT2D eigenvalue weighted by atomic mass is 9.89. The van der Waals surface area contributed by atoms with Crippen LogP contribution in [0.5, 0.6) is 0 Å². The fourth-order valence-electron chi connectivity index (χ4n) is 3.63. The zero-order valence-corrected chi connectivity index (χ0v) is 21.4. The quantitative estimate of drug-likeness (QED) is 0.448. The number of carboxylic acid groups (broad SMARTS) is 1. The fourth-order valence-corrected chi connectivity index (χ4v) is 5.00. The molecule has 0 saturated carbocycles. The first-order valence-corrected chi connectivity index (χ1v) is 14.3. The molecule has 1 unspecified atom stereocenters. The average molecular weight is 465 g/mol. The van der Waals surface area contributed by atoms with Crippen LogP contribution in [0.25, 0.3) is 0 Å². The number of carbonyl (C=O) groups excluding carboxylic acids is 1. The van der Waals surface area contributed by atoms with E-state index in [1.807, 2.05) is 60.7 Å². The van der Waals surface area contributed by atoms with Gasteiger partial charge in [0.05, 0.1) is 18.1 Å². The average Bonchev–Trinajstić information content (AvgIpc) is 2.72. The van der Waals surface area contributed by atoms with Crippen LogP contribution in [0.4, 0.5) is 4.79 Å². The monoisotopic (exact) mass is 465 g/mol. The largest absolute Gasteiger partial charge is 0.481 e. The van der Waals surface area contributed by atoms with Gasteiger partial charge in [-0.15, -0.1) is 0 Å². The minimum absolute atomic E-state index is 0.0760. The second-order valence-electron chi connectivity index (χ2n) is 10.2. The number of carbonyl (C=O) groups is 2. The van der Waals surface area contributed by atoms with Gasteiger partial charge in [-0.25, -0.2) is 0 Å². The number of benzene rings is 2. The van der Waals surface area contributed by atoms with Gasteiger partial charge >= 0.3 is 5.97 Å². The summed E-state index contributed by atoms with van der Waals surface area (Å²) in [4.78, 5) is 24.2. The molecule has 0 bridgehead atoms. The van der Waals surface area contributed by atoms with E-state index in [4.69, 9.17) is 12.3 Å². The summed E-state index contributed by atoms with van der Waals surface area (Å²) in [6.07, 6.45) is 0.667. The standard InChI is InChI=1S/C26H36BNO4Si/c1-26(2,3)33(4,5)32-23(18-21(24(29)30)16-19-12-8-6-9-13-19)22(28-25(27)31)17-20-14-10-7-11-15-20/h6-15,21-23H,16-18H2,1-5H3,(H,28,31)(H,29,30)/t21-,22?,23-/m0/s1. The molecule has 2 aromatic carbocycles. The minimum atomic E-state index is -2.28. The molecule has 0 aromatic heterocycles. The highest BCUT2D eigenvalue weighted by atomic mass is 28.4. The smallest absolute Gasteiger partial charge is 0.306 e. The number of aliphatic carboxylic acids is 1. The van der Waals surface area contributed by atoms with Crippen LogP contribution in [0.1, 0.15) is 38.3 Å². The molecule has 2 radical (unpaired) electrons.